The molecular formula is C12H27NO. The van der Waals surface area contributed by atoms with Crippen LogP contribution in [0.2, 0.25) is 0 Å². The van der Waals surface area contributed by atoms with Gasteiger partial charge in [0.15, 0.2) is 0 Å². The molecular weight excluding hydrogens is 174 g/mol. The molecule has 14 heavy (non-hydrogen) atoms. The minimum atomic E-state index is 0.352. The third-order valence-electron chi connectivity index (χ3n) is 3.04. The fourth-order valence-corrected chi connectivity index (χ4v) is 1.60. The van der Waals surface area contributed by atoms with Gasteiger partial charge in [0.05, 0.1) is 6.61 Å². The molecule has 0 amide bonds. The maximum atomic E-state index is 5.57. The van der Waals surface area contributed by atoms with Crippen LogP contribution in [0.4, 0.5) is 0 Å². The van der Waals surface area contributed by atoms with Crippen LogP contribution in [0.5, 0.6) is 0 Å². The van der Waals surface area contributed by atoms with Crippen LogP contribution in [-0.4, -0.2) is 26.3 Å². The molecule has 0 aliphatic rings. The van der Waals surface area contributed by atoms with Crippen molar-refractivity contribution in [1.82, 2.24) is 5.32 Å². The minimum absolute atomic E-state index is 0.352. The summed E-state index contributed by atoms with van der Waals surface area (Å²) < 4.78 is 5.57. The van der Waals surface area contributed by atoms with Gasteiger partial charge in [-0.2, -0.15) is 0 Å². The zero-order chi connectivity index (χ0) is 10.9. The zero-order valence-electron chi connectivity index (χ0n) is 10.4. The lowest BCUT2D eigenvalue weighted by Crippen LogP contribution is -2.37. The molecule has 86 valence electrons. The summed E-state index contributed by atoms with van der Waals surface area (Å²) in [5, 5.41) is 3.51. The quantitative estimate of drug-likeness (QED) is 0.579. The summed E-state index contributed by atoms with van der Waals surface area (Å²) in [4.78, 5) is 0. The van der Waals surface area contributed by atoms with Crippen molar-refractivity contribution >= 4 is 0 Å². The highest BCUT2D eigenvalue weighted by Crippen LogP contribution is 2.25. The first-order valence-corrected chi connectivity index (χ1v) is 6.03. The van der Waals surface area contributed by atoms with Gasteiger partial charge in [0, 0.05) is 18.6 Å². The van der Waals surface area contributed by atoms with Gasteiger partial charge in [0.1, 0.15) is 0 Å². The second-order valence-corrected chi connectivity index (χ2v) is 4.02. The molecule has 0 saturated heterocycles. The topological polar surface area (TPSA) is 21.3 Å². The molecule has 0 atom stereocenters. The van der Waals surface area contributed by atoms with Crippen molar-refractivity contribution in [3.63, 3.8) is 0 Å². The zero-order valence-corrected chi connectivity index (χ0v) is 10.4. The van der Waals surface area contributed by atoms with Crippen molar-refractivity contribution in [1.29, 1.82) is 0 Å². The van der Waals surface area contributed by atoms with Gasteiger partial charge in [-0.15, -0.1) is 0 Å². The molecule has 0 bridgehead atoms. The SMILES string of the molecule is CCCNCC(CC)(CC)COCC. The number of rotatable bonds is 9. The molecule has 0 saturated carbocycles. The predicted molar refractivity (Wildman–Crippen MR) is 62.7 cm³/mol. The summed E-state index contributed by atoms with van der Waals surface area (Å²) in [5.74, 6) is 0. The molecule has 0 heterocycles. The van der Waals surface area contributed by atoms with Crippen LogP contribution >= 0.6 is 0 Å². The molecule has 0 aromatic heterocycles. The molecule has 0 aliphatic carbocycles. The Morgan fingerprint density at radius 3 is 2.14 bits per heavy atom. The minimum Gasteiger partial charge on any atom is -0.381 e. The molecule has 2 heteroatoms. The third kappa shape index (κ3) is 4.97. The van der Waals surface area contributed by atoms with E-state index in [1.807, 2.05) is 0 Å². The van der Waals surface area contributed by atoms with E-state index >= 15 is 0 Å². The Kier molecular flexibility index (Phi) is 8.20. The Morgan fingerprint density at radius 2 is 1.71 bits per heavy atom. The van der Waals surface area contributed by atoms with Crippen molar-refractivity contribution in [2.75, 3.05) is 26.3 Å². The monoisotopic (exact) mass is 201 g/mol. The van der Waals surface area contributed by atoms with Crippen LogP contribution < -0.4 is 5.32 Å². The molecule has 0 unspecified atom stereocenters. The van der Waals surface area contributed by atoms with E-state index < -0.39 is 0 Å². The van der Waals surface area contributed by atoms with E-state index in [0.29, 0.717) is 5.41 Å². The van der Waals surface area contributed by atoms with E-state index in [1.54, 1.807) is 0 Å². The van der Waals surface area contributed by atoms with Crippen LogP contribution in [0, 0.1) is 5.41 Å². The van der Waals surface area contributed by atoms with Crippen LogP contribution in [0.25, 0.3) is 0 Å². The van der Waals surface area contributed by atoms with Crippen LogP contribution in [0.3, 0.4) is 0 Å². The fraction of sp³-hybridized carbons (Fsp3) is 1.00. The van der Waals surface area contributed by atoms with Crippen molar-refractivity contribution < 1.29 is 4.74 Å². The Morgan fingerprint density at radius 1 is 1.07 bits per heavy atom. The summed E-state index contributed by atoms with van der Waals surface area (Å²) in [6.45, 7) is 12.7. The molecule has 0 radical (unpaired) electrons. The standard InChI is InChI=1S/C12H27NO/c1-5-9-13-10-12(6-2,7-3)11-14-8-4/h13H,5-11H2,1-4H3. The summed E-state index contributed by atoms with van der Waals surface area (Å²) >= 11 is 0. The molecule has 0 rings (SSSR count). The van der Waals surface area contributed by atoms with Crippen molar-refractivity contribution in [2.45, 2.75) is 47.0 Å². The lowest BCUT2D eigenvalue weighted by molar-refractivity contribution is 0.0447. The number of ether oxygens (including phenoxy) is 1. The number of hydrogen-bond acceptors (Lipinski definition) is 2. The smallest absolute Gasteiger partial charge is 0.0534 e. The molecule has 0 aromatic carbocycles. The molecule has 0 spiro atoms. The number of nitrogens with one attached hydrogen (secondary N) is 1. The highest BCUT2D eigenvalue weighted by molar-refractivity contribution is 4.78. The van der Waals surface area contributed by atoms with Gasteiger partial charge in [-0.1, -0.05) is 20.8 Å². The van der Waals surface area contributed by atoms with Gasteiger partial charge in [0.25, 0.3) is 0 Å². The number of hydrogen-bond donors (Lipinski definition) is 1. The average molecular weight is 201 g/mol. The maximum absolute atomic E-state index is 5.57. The Bertz CT molecular complexity index is 121. The Hall–Kier alpha value is -0.0800. The highest BCUT2D eigenvalue weighted by Gasteiger charge is 2.25. The summed E-state index contributed by atoms with van der Waals surface area (Å²) in [6.07, 6.45) is 3.60. The first kappa shape index (κ1) is 13.9. The van der Waals surface area contributed by atoms with Gasteiger partial charge < -0.3 is 10.1 Å². The summed E-state index contributed by atoms with van der Waals surface area (Å²) in [7, 11) is 0. The summed E-state index contributed by atoms with van der Waals surface area (Å²) in [5.41, 5.74) is 0.352. The highest BCUT2D eigenvalue weighted by atomic mass is 16.5. The Balaban J connectivity index is 3.94. The second kappa shape index (κ2) is 8.25. The Labute approximate surface area is 89.4 Å². The van der Waals surface area contributed by atoms with E-state index in [4.69, 9.17) is 4.74 Å². The van der Waals surface area contributed by atoms with Gasteiger partial charge >= 0.3 is 0 Å². The van der Waals surface area contributed by atoms with Crippen molar-refractivity contribution in [3.05, 3.63) is 0 Å². The van der Waals surface area contributed by atoms with E-state index in [2.05, 4.69) is 33.0 Å². The third-order valence-corrected chi connectivity index (χ3v) is 3.04. The lowest BCUT2D eigenvalue weighted by Gasteiger charge is -2.31. The van der Waals surface area contributed by atoms with Crippen LogP contribution in [0.1, 0.15) is 47.0 Å². The van der Waals surface area contributed by atoms with Crippen LogP contribution in [-0.2, 0) is 4.74 Å². The molecule has 1 N–H and O–H groups in total. The normalized spacial score (nSPS) is 12.0. The average Bonchev–Trinajstić information content (AvgIpc) is 2.24. The van der Waals surface area contributed by atoms with Gasteiger partial charge in [0.2, 0.25) is 0 Å². The van der Waals surface area contributed by atoms with Gasteiger partial charge in [-0.05, 0) is 32.7 Å². The lowest BCUT2D eigenvalue weighted by atomic mass is 9.83. The molecule has 2 nitrogen and oxygen atoms in total. The largest absolute Gasteiger partial charge is 0.381 e. The fourth-order valence-electron chi connectivity index (χ4n) is 1.60. The predicted octanol–water partition coefficient (Wildman–Crippen LogP) is 2.83. The van der Waals surface area contributed by atoms with Gasteiger partial charge in [-0.3, -0.25) is 0 Å². The first-order valence-electron chi connectivity index (χ1n) is 6.03. The maximum Gasteiger partial charge on any atom is 0.0534 e. The molecule has 0 fully saturated rings. The van der Waals surface area contributed by atoms with E-state index in [1.165, 1.54) is 19.3 Å². The van der Waals surface area contributed by atoms with Gasteiger partial charge in [-0.25, -0.2) is 0 Å². The van der Waals surface area contributed by atoms with Crippen molar-refractivity contribution in [3.8, 4) is 0 Å². The van der Waals surface area contributed by atoms with Crippen molar-refractivity contribution in [2.24, 2.45) is 5.41 Å². The first-order chi connectivity index (χ1) is 6.74. The second-order valence-electron chi connectivity index (χ2n) is 4.02. The van der Waals surface area contributed by atoms with Crippen LogP contribution in [0.15, 0.2) is 0 Å². The van der Waals surface area contributed by atoms with E-state index in [-0.39, 0.29) is 0 Å². The van der Waals surface area contributed by atoms with E-state index in [9.17, 15) is 0 Å². The summed E-state index contributed by atoms with van der Waals surface area (Å²) in [6, 6.07) is 0. The van der Waals surface area contributed by atoms with E-state index in [0.717, 1.165) is 26.3 Å². The molecule has 0 aliphatic heterocycles. The molecule has 0 aromatic rings.